The van der Waals surface area contributed by atoms with E-state index in [4.69, 9.17) is 9.47 Å². The number of hydrogen-bond donors (Lipinski definition) is 0. The zero-order valence-electron chi connectivity index (χ0n) is 9.91. The predicted octanol–water partition coefficient (Wildman–Crippen LogP) is 3.70. The van der Waals surface area contributed by atoms with Gasteiger partial charge in [-0.25, -0.2) is 0 Å². The first-order valence-electron chi connectivity index (χ1n) is 5.97. The van der Waals surface area contributed by atoms with Crippen molar-refractivity contribution >= 4 is 23.5 Å². The third-order valence-electron chi connectivity index (χ3n) is 2.72. The van der Waals surface area contributed by atoms with Crippen LogP contribution in [-0.2, 0) is 4.74 Å². The lowest BCUT2D eigenvalue weighted by Crippen LogP contribution is -2.04. The van der Waals surface area contributed by atoms with Crippen LogP contribution < -0.4 is 4.74 Å². The lowest BCUT2D eigenvalue weighted by molar-refractivity contribution is 0.262. The summed E-state index contributed by atoms with van der Waals surface area (Å²) in [6.45, 7) is 1.47. The summed E-state index contributed by atoms with van der Waals surface area (Å²) in [6.07, 6.45) is 4.49. The smallest absolute Gasteiger partial charge is 0.126 e. The van der Waals surface area contributed by atoms with Crippen LogP contribution in [-0.4, -0.2) is 19.3 Å². The van der Waals surface area contributed by atoms with Crippen LogP contribution in [0.5, 0.6) is 5.75 Å². The molecule has 2 heterocycles. The molecule has 1 aromatic carbocycles. The third kappa shape index (κ3) is 3.00. The highest BCUT2D eigenvalue weighted by Crippen LogP contribution is 2.23. The van der Waals surface area contributed by atoms with Gasteiger partial charge in [-0.3, -0.25) is 0 Å². The number of epoxide rings is 1. The van der Waals surface area contributed by atoms with E-state index in [-0.39, 0.29) is 0 Å². The Morgan fingerprint density at radius 3 is 2.89 bits per heavy atom. The van der Waals surface area contributed by atoms with E-state index >= 15 is 0 Å². The second-order valence-corrected chi connectivity index (χ2v) is 5.13. The van der Waals surface area contributed by atoms with Crippen molar-refractivity contribution < 1.29 is 9.47 Å². The molecule has 0 spiro atoms. The molecule has 1 aliphatic rings. The van der Waals surface area contributed by atoms with Crippen LogP contribution in [0.3, 0.4) is 0 Å². The summed E-state index contributed by atoms with van der Waals surface area (Å²) >= 11 is 1.73. The molecule has 92 valence electrons. The van der Waals surface area contributed by atoms with Crippen molar-refractivity contribution in [3.63, 3.8) is 0 Å². The third-order valence-corrected chi connectivity index (χ3v) is 3.55. The fourth-order valence-electron chi connectivity index (χ4n) is 1.65. The summed E-state index contributed by atoms with van der Waals surface area (Å²) in [7, 11) is 0. The molecule has 1 atom stereocenters. The number of benzene rings is 1. The molecule has 0 N–H and O–H groups in total. The Bertz CT molecular complexity index is 527. The topological polar surface area (TPSA) is 21.8 Å². The normalized spacial score (nSPS) is 18.1. The second-order valence-electron chi connectivity index (χ2n) is 4.15. The summed E-state index contributed by atoms with van der Waals surface area (Å²) in [4.78, 5) is 1.25. The molecular weight excluding hydrogens is 244 g/mol. The minimum atomic E-state index is 0.291. The van der Waals surface area contributed by atoms with Crippen LogP contribution in [0.2, 0.25) is 0 Å². The van der Waals surface area contributed by atoms with Gasteiger partial charge in [0, 0.05) is 10.4 Å². The van der Waals surface area contributed by atoms with Crippen LogP contribution in [0.4, 0.5) is 0 Å². The number of ether oxygens (including phenoxy) is 2. The Morgan fingerprint density at radius 2 is 2.11 bits per heavy atom. The molecule has 0 saturated carbocycles. The quantitative estimate of drug-likeness (QED) is 0.763. The zero-order valence-corrected chi connectivity index (χ0v) is 10.7. The average molecular weight is 258 g/mol. The summed E-state index contributed by atoms with van der Waals surface area (Å²) < 4.78 is 10.9. The van der Waals surface area contributed by atoms with E-state index in [1.807, 2.05) is 18.2 Å². The van der Waals surface area contributed by atoms with Crippen molar-refractivity contribution in [1.29, 1.82) is 0 Å². The predicted molar refractivity (Wildman–Crippen MR) is 74.9 cm³/mol. The van der Waals surface area contributed by atoms with E-state index in [0.29, 0.717) is 12.7 Å². The maximum atomic E-state index is 5.76. The first kappa shape index (κ1) is 11.5. The molecule has 1 unspecified atom stereocenters. The first-order chi connectivity index (χ1) is 8.92. The van der Waals surface area contributed by atoms with Crippen molar-refractivity contribution in [3.05, 3.63) is 52.2 Å². The van der Waals surface area contributed by atoms with Gasteiger partial charge in [0.2, 0.25) is 0 Å². The van der Waals surface area contributed by atoms with Gasteiger partial charge in [-0.1, -0.05) is 24.3 Å². The lowest BCUT2D eigenvalue weighted by atomic mass is 10.2. The Morgan fingerprint density at radius 1 is 1.22 bits per heavy atom. The fourth-order valence-corrected chi connectivity index (χ4v) is 2.27. The van der Waals surface area contributed by atoms with Gasteiger partial charge in [-0.05, 0) is 29.7 Å². The monoisotopic (exact) mass is 258 g/mol. The lowest BCUT2D eigenvalue weighted by Gasteiger charge is -2.07. The van der Waals surface area contributed by atoms with E-state index in [2.05, 4.69) is 35.7 Å². The van der Waals surface area contributed by atoms with Gasteiger partial charge < -0.3 is 9.47 Å². The molecule has 2 nitrogen and oxygen atoms in total. The van der Waals surface area contributed by atoms with Crippen LogP contribution in [0.25, 0.3) is 12.2 Å². The number of hydrogen-bond acceptors (Lipinski definition) is 3. The molecule has 3 heteroatoms. The van der Waals surface area contributed by atoms with Gasteiger partial charge in [0.05, 0.1) is 6.61 Å². The Labute approximate surface area is 110 Å². The molecule has 1 aliphatic heterocycles. The maximum absolute atomic E-state index is 5.76. The Kier molecular flexibility index (Phi) is 3.44. The minimum Gasteiger partial charge on any atom is -0.490 e. The van der Waals surface area contributed by atoms with E-state index in [0.717, 1.165) is 17.9 Å². The highest BCUT2D eigenvalue weighted by molar-refractivity contribution is 7.10. The molecule has 18 heavy (non-hydrogen) atoms. The first-order valence-corrected chi connectivity index (χ1v) is 6.85. The fraction of sp³-hybridized carbons (Fsp3) is 0.200. The molecule has 0 amide bonds. The molecule has 0 bridgehead atoms. The molecule has 1 fully saturated rings. The van der Waals surface area contributed by atoms with Crippen molar-refractivity contribution in [2.24, 2.45) is 0 Å². The Hall–Kier alpha value is -1.58. The van der Waals surface area contributed by atoms with E-state index in [1.165, 1.54) is 4.88 Å². The van der Waals surface area contributed by atoms with Crippen LogP contribution in [0.15, 0.2) is 41.8 Å². The van der Waals surface area contributed by atoms with Crippen molar-refractivity contribution in [2.75, 3.05) is 13.2 Å². The van der Waals surface area contributed by atoms with Gasteiger partial charge in [0.25, 0.3) is 0 Å². The molecule has 2 aromatic rings. The Balaban J connectivity index is 1.73. The average Bonchev–Trinajstić information content (AvgIpc) is 3.09. The summed E-state index contributed by atoms with van der Waals surface area (Å²) in [5.74, 6) is 0.917. The van der Waals surface area contributed by atoms with Gasteiger partial charge in [-0.15, -0.1) is 11.3 Å². The molecule has 1 aromatic heterocycles. The zero-order chi connectivity index (χ0) is 12.2. The molecule has 0 radical (unpaired) electrons. The van der Waals surface area contributed by atoms with E-state index in [1.54, 1.807) is 11.3 Å². The molecular formula is C15H14O2S. The van der Waals surface area contributed by atoms with Crippen LogP contribution >= 0.6 is 11.3 Å². The molecule has 1 saturated heterocycles. The summed E-state index contributed by atoms with van der Waals surface area (Å²) in [5, 5.41) is 2.08. The van der Waals surface area contributed by atoms with Gasteiger partial charge in [0.15, 0.2) is 0 Å². The van der Waals surface area contributed by atoms with Gasteiger partial charge in [-0.2, -0.15) is 0 Å². The van der Waals surface area contributed by atoms with Crippen LogP contribution in [0.1, 0.15) is 10.4 Å². The van der Waals surface area contributed by atoms with Crippen molar-refractivity contribution in [1.82, 2.24) is 0 Å². The van der Waals surface area contributed by atoms with Gasteiger partial charge in [0.1, 0.15) is 18.5 Å². The second kappa shape index (κ2) is 5.38. The highest BCUT2D eigenvalue weighted by atomic mass is 32.1. The van der Waals surface area contributed by atoms with E-state index in [9.17, 15) is 0 Å². The number of para-hydroxylation sites is 1. The molecule has 0 aliphatic carbocycles. The molecule has 3 rings (SSSR count). The summed E-state index contributed by atoms with van der Waals surface area (Å²) in [6, 6.07) is 12.2. The van der Waals surface area contributed by atoms with Crippen molar-refractivity contribution in [2.45, 2.75) is 6.10 Å². The standard InChI is InChI=1S/C15H14O2S/c1-2-6-15(17-11-13-10-16-13)12(4-1)7-8-14-5-3-9-18-14/h1-9,13H,10-11H2/b8-7+. The van der Waals surface area contributed by atoms with Gasteiger partial charge >= 0.3 is 0 Å². The van der Waals surface area contributed by atoms with Crippen LogP contribution in [0, 0.1) is 0 Å². The number of thiophene rings is 1. The minimum absolute atomic E-state index is 0.291. The largest absolute Gasteiger partial charge is 0.490 e. The maximum Gasteiger partial charge on any atom is 0.126 e. The van der Waals surface area contributed by atoms with Crippen molar-refractivity contribution in [3.8, 4) is 5.75 Å². The summed E-state index contributed by atoms with van der Waals surface area (Å²) in [5.41, 5.74) is 1.10. The SMILES string of the molecule is C(=C\c1ccccc1OCC1CO1)/c1cccs1. The highest BCUT2D eigenvalue weighted by Gasteiger charge is 2.23. The van der Waals surface area contributed by atoms with E-state index < -0.39 is 0 Å². The number of rotatable bonds is 5.